The van der Waals surface area contributed by atoms with Gasteiger partial charge in [-0.15, -0.1) is 0 Å². The zero-order valence-electron chi connectivity index (χ0n) is 10.1. The van der Waals surface area contributed by atoms with E-state index in [0.29, 0.717) is 11.3 Å². The fourth-order valence-corrected chi connectivity index (χ4v) is 2.02. The Hall–Kier alpha value is -1.79. The zero-order valence-corrected chi connectivity index (χ0v) is 10.1. The number of hydrogen-bond acceptors (Lipinski definition) is 3. The molecule has 0 saturated heterocycles. The molecule has 0 spiro atoms. The molecule has 0 radical (unpaired) electrons. The Kier molecular flexibility index (Phi) is 3.40. The molecule has 18 heavy (non-hydrogen) atoms. The lowest BCUT2D eigenvalue weighted by atomic mass is 9.99. The molecule has 1 aromatic heterocycles. The van der Waals surface area contributed by atoms with Crippen LogP contribution < -0.4 is 11.3 Å². The van der Waals surface area contributed by atoms with Crippen LogP contribution in [0.15, 0.2) is 24.4 Å². The van der Waals surface area contributed by atoms with E-state index in [-0.39, 0.29) is 5.56 Å². The van der Waals surface area contributed by atoms with Crippen molar-refractivity contribution in [2.24, 2.45) is 12.9 Å². The summed E-state index contributed by atoms with van der Waals surface area (Å²) >= 11 is 0. The number of benzene rings is 1. The Morgan fingerprint density at radius 2 is 1.94 bits per heavy atom. The molecule has 0 amide bonds. The van der Waals surface area contributed by atoms with Crippen molar-refractivity contribution in [2.75, 3.05) is 0 Å². The van der Waals surface area contributed by atoms with Crippen LogP contribution >= 0.6 is 0 Å². The molecule has 0 bridgehead atoms. The average Bonchev–Trinajstić information content (AvgIpc) is 2.63. The van der Waals surface area contributed by atoms with Gasteiger partial charge in [0.15, 0.2) is 0 Å². The maximum Gasteiger partial charge on any atom is 0.131 e. The van der Waals surface area contributed by atoms with Gasteiger partial charge in [-0.1, -0.05) is 6.07 Å². The van der Waals surface area contributed by atoms with Crippen molar-refractivity contribution < 1.29 is 8.78 Å². The van der Waals surface area contributed by atoms with E-state index in [1.165, 1.54) is 18.2 Å². The van der Waals surface area contributed by atoms with Gasteiger partial charge in [-0.3, -0.25) is 10.5 Å². The first-order valence-electron chi connectivity index (χ1n) is 5.44. The van der Waals surface area contributed by atoms with Crippen molar-refractivity contribution in [1.29, 1.82) is 0 Å². The van der Waals surface area contributed by atoms with Gasteiger partial charge < -0.3 is 0 Å². The number of hydrogen-bond donors (Lipinski definition) is 2. The molecule has 1 unspecified atom stereocenters. The largest absolute Gasteiger partial charge is 0.275 e. The fourth-order valence-electron chi connectivity index (χ4n) is 2.02. The lowest BCUT2D eigenvalue weighted by Gasteiger charge is -2.17. The van der Waals surface area contributed by atoms with Gasteiger partial charge >= 0.3 is 0 Å². The molecule has 0 aliphatic carbocycles. The standard InChI is InChI=1S/C12H14F2N4/c1-7-8(6-18(2)17-7)12(16-15)11-9(13)4-3-5-10(11)14/h3-6,12,16H,15H2,1-2H3. The number of rotatable bonds is 3. The highest BCUT2D eigenvalue weighted by Gasteiger charge is 2.23. The molecule has 2 aromatic rings. The Morgan fingerprint density at radius 3 is 2.39 bits per heavy atom. The number of aryl methyl sites for hydroxylation is 2. The van der Waals surface area contributed by atoms with Crippen molar-refractivity contribution in [3.8, 4) is 0 Å². The SMILES string of the molecule is Cc1nn(C)cc1C(NN)c1c(F)cccc1F. The number of nitrogens with zero attached hydrogens (tertiary/aromatic N) is 2. The smallest absolute Gasteiger partial charge is 0.131 e. The fraction of sp³-hybridized carbons (Fsp3) is 0.250. The van der Waals surface area contributed by atoms with Crippen LogP contribution in [0.3, 0.4) is 0 Å². The molecule has 1 heterocycles. The van der Waals surface area contributed by atoms with Crippen molar-refractivity contribution in [1.82, 2.24) is 15.2 Å². The minimum absolute atomic E-state index is 0.101. The summed E-state index contributed by atoms with van der Waals surface area (Å²) in [5, 5.41) is 4.14. The third kappa shape index (κ3) is 2.12. The van der Waals surface area contributed by atoms with E-state index in [0.717, 1.165) is 0 Å². The van der Waals surface area contributed by atoms with Crippen molar-refractivity contribution in [3.05, 3.63) is 52.9 Å². The van der Waals surface area contributed by atoms with Crippen molar-refractivity contribution in [2.45, 2.75) is 13.0 Å². The number of nitrogens with one attached hydrogen (secondary N) is 1. The third-order valence-electron chi connectivity index (χ3n) is 2.82. The van der Waals surface area contributed by atoms with Crippen LogP contribution in [-0.4, -0.2) is 9.78 Å². The van der Waals surface area contributed by atoms with E-state index >= 15 is 0 Å². The van der Waals surface area contributed by atoms with Gasteiger partial charge in [0.25, 0.3) is 0 Å². The molecule has 1 aromatic carbocycles. The zero-order chi connectivity index (χ0) is 13.3. The minimum Gasteiger partial charge on any atom is -0.275 e. The van der Waals surface area contributed by atoms with Crippen LogP contribution in [0.4, 0.5) is 8.78 Å². The number of nitrogens with two attached hydrogens (primary N) is 1. The van der Waals surface area contributed by atoms with Crippen LogP contribution in [0, 0.1) is 18.6 Å². The molecule has 0 saturated carbocycles. The summed E-state index contributed by atoms with van der Waals surface area (Å²) in [5.74, 6) is 4.16. The second-order valence-electron chi connectivity index (χ2n) is 4.08. The topological polar surface area (TPSA) is 55.9 Å². The Bertz CT molecular complexity index is 545. The summed E-state index contributed by atoms with van der Waals surface area (Å²) in [4.78, 5) is 0. The first kappa shape index (κ1) is 12.7. The van der Waals surface area contributed by atoms with E-state index in [1.54, 1.807) is 24.9 Å². The van der Waals surface area contributed by atoms with E-state index in [1.807, 2.05) is 0 Å². The highest BCUT2D eigenvalue weighted by Crippen LogP contribution is 2.27. The molecule has 0 aliphatic rings. The molecule has 4 nitrogen and oxygen atoms in total. The molecule has 2 rings (SSSR count). The summed E-state index contributed by atoms with van der Waals surface area (Å²) in [6.45, 7) is 1.76. The first-order chi connectivity index (χ1) is 8.54. The Morgan fingerprint density at radius 1 is 1.33 bits per heavy atom. The normalized spacial score (nSPS) is 12.7. The summed E-state index contributed by atoms with van der Waals surface area (Å²) in [6.07, 6.45) is 1.69. The molecule has 6 heteroatoms. The van der Waals surface area contributed by atoms with E-state index in [2.05, 4.69) is 10.5 Å². The van der Waals surface area contributed by atoms with Crippen LogP contribution in [0.1, 0.15) is 22.9 Å². The summed E-state index contributed by atoms with van der Waals surface area (Å²) in [5.41, 5.74) is 3.65. The predicted molar refractivity (Wildman–Crippen MR) is 63.5 cm³/mol. The molecule has 0 aliphatic heterocycles. The average molecular weight is 252 g/mol. The number of aromatic nitrogens is 2. The van der Waals surface area contributed by atoms with E-state index < -0.39 is 17.7 Å². The molecular weight excluding hydrogens is 238 g/mol. The van der Waals surface area contributed by atoms with Crippen LogP contribution in [0.5, 0.6) is 0 Å². The molecule has 96 valence electrons. The van der Waals surface area contributed by atoms with Crippen LogP contribution in [0.25, 0.3) is 0 Å². The summed E-state index contributed by atoms with van der Waals surface area (Å²) in [6, 6.07) is 2.96. The Balaban J connectivity index is 2.55. The quantitative estimate of drug-likeness (QED) is 0.644. The van der Waals surface area contributed by atoms with Gasteiger partial charge in [0.2, 0.25) is 0 Å². The second kappa shape index (κ2) is 4.83. The molecule has 3 N–H and O–H groups in total. The van der Waals surface area contributed by atoms with Crippen LogP contribution in [-0.2, 0) is 7.05 Å². The van der Waals surface area contributed by atoms with Crippen molar-refractivity contribution >= 4 is 0 Å². The van der Waals surface area contributed by atoms with Crippen LogP contribution in [0.2, 0.25) is 0 Å². The van der Waals surface area contributed by atoms with E-state index in [9.17, 15) is 8.78 Å². The molecule has 0 fully saturated rings. The highest BCUT2D eigenvalue weighted by atomic mass is 19.1. The lowest BCUT2D eigenvalue weighted by molar-refractivity contribution is 0.509. The number of halogens is 2. The summed E-state index contributed by atoms with van der Waals surface area (Å²) in [7, 11) is 1.74. The lowest BCUT2D eigenvalue weighted by Crippen LogP contribution is -2.30. The van der Waals surface area contributed by atoms with Crippen molar-refractivity contribution in [3.63, 3.8) is 0 Å². The first-order valence-corrected chi connectivity index (χ1v) is 5.44. The number of hydrazine groups is 1. The van der Waals surface area contributed by atoms with Gasteiger partial charge in [0, 0.05) is 24.4 Å². The van der Waals surface area contributed by atoms with Gasteiger partial charge in [0.1, 0.15) is 11.6 Å². The predicted octanol–water partition coefficient (Wildman–Crippen LogP) is 1.56. The molecular formula is C12H14F2N4. The minimum atomic E-state index is -0.764. The highest BCUT2D eigenvalue weighted by molar-refractivity contribution is 5.34. The third-order valence-corrected chi connectivity index (χ3v) is 2.82. The van der Waals surface area contributed by atoms with Gasteiger partial charge in [0.05, 0.1) is 11.7 Å². The second-order valence-corrected chi connectivity index (χ2v) is 4.08. The monoisotopic (exact) mass is 252 g/mol. The van der Waals surface area contributed by atoms with E-state index in [4.69, 9.17) is 5.84 Å². The Labute approximate surface area is 103 Å². The van der Waals surface area contributed by atoms with Gasteiger partial charge in [-0.05, 0) is 19.1 Å². The molecule has 1 atom stereocenters. The summed E-state index contributed by atoms with van der Waals surface area (Å²) < 4.78 is 29.1. The van der Waals surface area contributed by atoms with Gasteiger partial charge in [-0.2, -0.15) is 5.10 Å². The van der Waals surface area contributed by atoms with Gasteiger partial charge in [-0.25, -0.2) is 14.2 Å². The maximum atomic E-state index is 13.7. The maximum absolute atomic E-state index is 13.7.